The molecule has 1 amide bonds. The van der Waals surface area contributed by atoms with Crippen LogP contribution in [-0.2, 0) is 20.4 Å². The molecule has 0 N–H and O–H groups in total. The lowest BCUT2D eigenvalue weighted by atomic mass is 10.0. The number of alkyl halides is 3. The SMILES string of the molecule is COCCOCC(=O)N(C)c1ccc(-c2sc(-n3cc(-c4cccc(F)c4)c(C)n3)nc2-c2ccc(C(F)(F)F)cc2)cc1. The Morgan fingerprint density at radius 2 is 1.68 bits per heavy atom. The van der Waals surface area contributed by atoms with E-state index in [1.54, 1.807) is 56.2 Å². The second-order valence-electron chi connectivity index (χ2n) is 9.88. The Bertz CT molecular complexity index is 1750. The standard InChI is InChI=1S/C32H28F4N4O3S/c1-20-27(23-5-4-6-25(33)17-23)18-40(38-20)31-37-29(21-7-11-24(12-8-21)32(34,35)36)30(44-31)22-9-13-26(14-10-22)39(2)28(41)19-43-16-15-42-3/h4-14,17-18H,15-16,19H2,1-3H3. The molecule has 0 aliphatic rings. The van der Waals surface area contributed by atoms with Crippen LogP contribution in [0.4, 0.5) is 23.2 Å². The van der Waals surface area contributed by atoms with Gasteiger partial charge in [-0.25, -0.2) is 14.1 Å². The van der Waals surface area contributed by atoms with Gasteiger partial charge in [-0.05, 0) is 54.4 Å². The third kappa shape index (κ3) is 6.88. The first-order valence-corrected chi connectivity index (χ1v) is 14.3. The highest BCUT2D eigenvalue weighted by Gasteiger charge is 2.30. The molecule has 228 valence electrons. The van der Waals surface area contributed by atoms with Gasteiger partial charge < -0.3 is 14.4 Å². The van der Waals surface area contributed by atoms with E-state index in [9.17, 15) is 22.4 Å². The number of ether oxygens (including phenoxy) is 2. The van der Waals surface area contributed by atoms with Gasteiger partial charge in [-0.2, -0.15) is 18.3 Å². The molecule has 0 bridgehead atoms. The number of benzene rings is 3. The van der Waals surface area contributed by atoms with Gasteiger partial charge in [-0.1, -0.05) is 47.7 Å². The van der Waals surface area contributed by atoms with Crippen LogP contribution in [0.3, 0.4) is 0 Å². The minimum absolute atomic E-state index is 0.0984. The molecule has 0 spiro atoms. The summed E-state index contributed by atoms with van der Waals surface area (Å²) in [5.41, 5.74) is 3.64. The predicted octanol–water partition coefficient (Wildman–Crippen LogP) is 7.42. The second kappa shape index (κ2) is 13.1. The van der Waals surface area contributed by atoms with E-state index in [-0.39, 0.29) is 18.3 Å². The Kier molecular flexibility index (Phi) is 9.23. The molecule has 44 heavy (non-hydrogen) atoms. The largest absolute Gasteiger partial charge is 0.416 e. The number of halogens is 4. The third-order valence-electron chi connectivity index (χ3n) is 6.88. The van der Waals surface area contributed by atoms with E-state index in [0.29, 0.717) is 51.4 Å². The minimum atomic E-state index is -4.47. The first-order chi connectivity index (χ1) is 21.0. The molecule has 0 saturated heterocycles. The summed E-state index contributed by atoms with van der Waals surface area (Å²) in [4.78, 5) is 19.5. The van der Waals surface area contributed by atoms with E-state index in [2.05, 4.69) is 5.10 Å². The van der Waals surface area contributed by atoms with Crippen LogP contribution in [0.2, 0.25) is 0 Å². The van der Waals surface area contributed by atoms with Gasteiger partial charge in [0.05, 0.1) is 35.0 Å². The molecular formula is C32H28F4N4O3S. The van der Waals surface area contributed by atoms with Crippen molar-refractivity contribution in [3.8, 4) is 38.0 Å². The zero-order valence-electron chi connectivity index (χ0n) is 24.1. The summed E-state index contributed by atoms with van der Waals surface area (Å²) in [5, 5.41) is 5.07. The highest BCUT2D eigenvalue weighted by molar-refractivity contribution is 7.18. The predicted molar refractivity (Wildman–Crippen MR) is 161 cm³/mol. The summed E-state index contributed by atoms with van der Waals surface area (Å²) in [7, 11) is 3.19. The second-order valence-corrected chi connectivity index (χ2v) is 10.9. The molecule has 5 rings (SSSR count). The number of hydrogen-bond donors (Lipinski definition) is 0. The summed E-state index contributed by atoms with van der Waals surface area (Å²) < 4.78 is 65.6. The first-order valence-electron chi connectivity index (χ1n) is 13.5. The fourth-order valence-corrected chi connectivity index (χ4v) is 5.51. The van der Waals surface area contributed by atoms with E-state index in [1.165, 1.54) is 40.5 Å². The molecule has 5 aromatic rings. The van der Waals surface area contributed by atoms with Gasteiger partial charge in [0.25, 0.3) is 5.91 Å². The smallest absolute Gasteiger partial charge is 0.382 e. The van der Waals surface area contributed by atoms with Crippen molar-refractivity contribution in [3.05, 3.63) is 96.1 Å². The van der Waals surface area contributed by atoms with Gasteiger partial charge in [-0.3, -0.25) is 4.79 Å². The van der Waals surface area contributed by atoms with E-state index < -0.39 is 11.7 Å². The lowest BCUT2D eigenvalue weighted by Crippen LogP contribution is -2.30. The minimum Gasteiger partial charge on any atom is -0.382 e. The number of anilines is 1. The van der Waals surface area contributed by atoms with E-state index in [1.807, 2.05) is 12.1 Å². The molecule has 0 aliphatic carbocycles. The Morgan fingerprint density at radius 3 is 2.34 bits per heavy atom. The number of carbonyl (C=O) groups excluding carboxylic acids is 1. The van der Waals surface area contributed by atoms with Crippen LogP contribution >= 0.6 is 11.3 Å². The third-order valence-corrected chi connectivity index (χ3v) is 7.97. The van der Waals surface area contributed by atoms with Crippen LogP contribution < -0.4 is 4.90 Å². The number of aryl methyl sites for hydroxylation is 1. The van der Waals surface area contributed by atoms with Crippen LogP contribution in [0.5, 0.6) is 0 Å². The van der Waals surface area contributed by atoms with Gasteiger partial charge in [-0.15, -0.1) is 0 Å². The Hall–Kier alpha value is -4.39. The first kappa shape index (κ1) is 31.0. The van der Waals surface area contributed by atoms with Crippen LogP contribution in [0.1, 0.15) is 11.3 Å². The van der Waals surface area contributed by atoms with Crippen molar-refractivity contribution in [2.75, 3.05) is 38.9 Å². The number of hydrogen-bond acceptors (Lipinski definition) is 6. The van der Waals surface area contributed by atoms with Crippen LogP contribution in [0.15, 0.2) is 79.0 Å². The van der Waals surface area contributed by atoms with Crippen molar-refractivity contribution in [2.24, 2.45) is 0 Å². The molecule has 0 aliphatic heterocycles. The van der Waals surface area contributed by atoms with Gasteiger partial charge in [0.2, 0.25) is 5.13 Å². The number of nitrogens with zero attached hydrogens (tertiary/aromatic N) is 4. The molecule has 0 unspecified atom stereocenters. The number of thiazole rings is 1. The van der Waals surface area contributed by atoms with Crippen molar-refractivity contribution in [1.29, 1.82) is 0 Å². The summed E-state index contributed by atoms with van der Waals surface area (Å²) in [5.74, 6) is -0.604. The number of carbonyl (C=O) groups is 1. The van der Waals surface area contributed by atoms with Crippen LogP contribution in [0, 0.1) is 12.7 Å². The summed E-state index contributed by atoms with van der Waals surface area (Å²) in [6, 6.07) is 18.2. The van der Waals surface area contributed by atoms with Crippen molar-refractivity contribution in [3.63, 3.8) is 0 Å². The Labute approximate surface area is 255 Å². The molecule has 0 fully saturated rings. The summed E-state index contributed by atoms with van der Waals surface area (Å²) in [6.07, 6.45) is -2.72. The number of likely N-dealkylation sites (N-methyl/N-ethyl adjacent to an activating group) is 1. The van der Waals surface area contributed by atoms with Crippen molar-refractivity contribution in [1.82, 2.24) is 14.8 Å². The highest BCUT2D eigenvalue weighted by atomic mass is 32.1. The maximum absolute atomic E-state index is 13.9. The topological polar surface area (TPSA) is 69.5 Å². The van der Waals surface area contributed by atoms with Gasteiger partial charge in [0.1, 0.15) is 12.4 Å². The lowest BCUT2D eigenvalue weighted by Gasteiger charge is -2.17. The van der Waals surface area contributed by atoms with Gasteiger partial charge >= 0.3 is 6.18 Å². The average Bonchev–Trinajstić information content (AvgIpc) is 3.63. The monoisotopic (exact) mass is 624 g/mol. The average molecular weight is 625 g/mol. The summed E-state index contributed by atoms with van der Waals surface area (Å²) in [6.45, 7) is 2.39. The fourth-order valence-electron chi connectivity index (χ4n) is 4.49. The molecule has 0 radical (unpaired) electrons. The van der Waals surface area contributed by atoms with Crippen molar-refractivity contribution < 1.29 is 31.8 Å². The zero-order valence-corrected chi connectivity index (χ0v) is 24.9. The zero-order chi connectivity index (χ0) is 31.4. The lowest BCUT2D eigenvalue weighted by molar-refractivity contribution is -0.137. The maximum atomic E-state index is 13.9. The van der Waals surface area contributed by atoms with E-state index in [4.69, 9.17) is 14.5 Å². The molecular weight excluding hydrogens is 596 g/mol. The summed E-state index contributed by atoms with van der Waals surface area (Å²) >= 11 is 1.31. The molecule has 2 heterocycles. The van der Waals surface area contributed by atoms with Gasteiger partial charge in [0.15, 0.2) is 0 Å². The van der Waals surface area contributed by atoms with E-state index in [0.717, 1.165) is 23.3 Å². The molecule has 3 aromatic carbocycles. The number of methoxy groups -OCH3 is 1. The number of amides is 1. The Balaban J connectivity index is 1.50. The fraction of sp³-hybridized carbons (Fsp3) is 0.219. The molecule has 0 atom stereocenters. The molecule has 0 saturated carbocycles. The highest BCUT2D eigenvalue weighted by Crippen LogP contribution is 2.40. The quantitative estimate of drug-likeness (QED) is 0.120. The van der Waals surface area contributed by atoms with Gasteiger partial charge in [0, 0.05) is 37.2 Å². The molecule has 12 heteroatoms. The van der Waals surface area contributed by atoms with Crippen molar-refractivity contribution in [2.45, 2.75) is 13.1 Å². The van der Waals surface area contributed by atoms with Crippen molar-refractivity contribution >= 4 is 22.9 Å². The van der Waals surface area contributed by atoms with Crippen LogP contribution in [-0.4, -0.2) is 54.6 Å². The molecule has 7 nitrogen and oxygen atoms in total. The van der Waals surface area contributed by atoms with E-state index >= 15 is 0 Å². The number of aromatic nitrogens is 3. The van der Waals surface area contributed by atoms with Crippen LogP contribution in [0.25, 0.3) is 38.0 Å². The maximum Gasteiger partial charge on any atom is 0.416 e. The number of rotatable bonds is 10. The molecule has 2 aromatic heterocycles. The Morgan fingerprint density at radius 1 is 0.977 bits per heavy atom. The normalized spacial score (nSPS) is 11.6.